The molecule has 0 spiro atoms. The summed E-state index contributed by atoms with van der Waals surface area (Å²) in [4.78, 5) is 21.3. The van der Waals surface area contributed by atoms with Gasteiger partial charge in [0.15, 0.2) is 0 Å². The Morgan fingerprint density at radius 1 is 1.56 bits per heavy atom. The lowest BCUT2D eigenvalue weighted by atomic mass is 10.0. The molecule has 1 aliphatic rings. The van der Waals surface area contributed by atoms with Crippen molar-refractivity contribution in [1.82, 2.24) is 9.97 Å². The smallest absolute Gasteiger partial charge is 0.308 e. The molecule has 0 aromatic carbocycles. The van der Waals surface area contributed by atoms with E-state index < -0.39 is 5.97 Å². The van der Waals surface area contributed by atoms with Crippen LogP contribution in [0.1, 0.15) is 19.0 Å². The van der Waals surface area contributed by atoms with Crippen molar-refractivity contribution in [2.24, 2.45) is 5.92 Å². The Hall–Kier alpha value is -1.65. The summed E-state index contributed by atoms with van der Waals surface area (Å²) < 4.78 is 0. The van der Waals surface area contributed by atoms with Crippen molar-refractivity contribution in [2.75, 3.05) is 11.4 Å². The number of hydrogen-bond donors (Lipinski definition) is 1. The van der Waals surface area contributed by atoms with Crippen molar-refractivity contribution >= 4 is 11.8 Å². The maximum Gasteiger partial charge on any atom is 0.308 e. The first kappa shape index (κ1) is 10.9. The summed E-state index contributed by atoms with van der Waals surface area (Å²) >= 11 is 0. The first-order valence-corrected chi connectivity index (χ1v) is 5.37. The third kappa shape index (κ3) is 1.85. The van der Waals surface area contributed by atoms with Crippen molar-refractivity contribution in [2.45, 2.75) is 26.3 Å². The number of carboxylic acid groups (broad SMARTS) is 1. The predicted octanol–water partition coefficient (Wildman–Crippen LogP) is 1.08. The van der Waals surface area contributed by atoms with E-state index in [1.165, 1.54) is 6.33 Å². The largest absolute Gasteiger partial charge is 0.481 e. The van der Waals surface area contributed by atoms with Crippen LogP contribution in [0.4, 0.5) is 5.82 Å². The average Bonchev–Trinajstić information content (AvgIpc) is 2.60. The fourth-order valence-electron chi connectivity index (χ4n) is 2.19. The minimum Gasteiger partial charge on any atom is -0.481 e. The van der Waals surface area contributed by atoms with Gasteiger partial charge in [0.1, 0.15) is 12.1 Å². The summed E-state index contributed by atoms with van der Waals surface area (Å²) in [5.74, 6) is -0.195. The molecule has 2 atom stereocenters. The lowest BCUT2D eigenvalue weighted by molar-refractivity contribution is -0.141. The Morgan fingerprint density at radius 3 is 2.88 bits per heavy atom. The SMILES string of the molecule is Cc1cc(N2CCC(C(=O)O)C2C)ncn1. The average molecular weight is 221 g/mol. The minimum atomic E-state index is -0.722. The molecule has 2 heterocycles. The third-order valence-electron chi connectivity index (χ3n) is 3.16. The van der Waals surface area contributed by atoms with Crippen LogP contribution in [0.3, 0.4) is 0 Å². The molecule has 0 bridgehead atoms. The molecule has 0 aliphatic carbocycles. The van der Waals surface area contributed by atoms with Crippen LogP contribution in [0.2, 0.25) is 0 Å². The second-order valence-corrected chi connectivity index (χ2v) is 4.18. The van der Waals surface area contributed by atoms with E-state index in [0.717, 1.165) is 18.1 Å². The van der Waals surface area contributed by atoms with Crippen molar-refractivity contribution in [3.63, 3.8) is 0 Å². The van der Waals surface area contributed by atoms with Gasteiger partial charge in [0.2, 0.25) is 0 Å². The number of rotatable bonds is 2. The predicted molar refractivity (Wildman–Crippen MR) is 59.3 cm³/mol. The van der Waals surface area contributed by atoms with Crippen molar-refractivity contribution < 1.29 is 9.90 Å². The zero-order chi connectivity index (χ0) is 11.7. The molecule has 1 aliphatic heterocycles. The molecular formula is C11H15N3O2. The molecule has 1 saturated heterocycles. The number of carbonyl (C=O) groups is 1. The number of aliphatic carboxylic acids is 1. The molecule has 5 heteroatoms. The molecule has 86 valence electrons. The second-order valence-electron chi connectivity index (χ2n) is 4.18. The quantitative estimate of drug-likeness (QED) is 0.809. The molecule has 2 rings (SSSR count). The zero-order valence-corrected chi connectivity index (χ0v) is 9.42. The number of anilines is 1. The lowest BCUT2D eigenvalue weighted by Crippen LogP contribution is -2.33. The normalized spacial score (nSPS) is 24.8. The lowest BCUT2D eigenvalue weighted by Gasteiger charge is -2.24. The van der Waals surface area contributed by atoms with Gasteiger partial charge in [-0.1, -0.05) is 0 Å². The molecule has 1 aromatic heterocycles. The van der Waals surface area contributed by atoms with Crippen molar-refractivity contribution in [3.8, 4) is 0 Å². The third-order valence-corrected chi connectivity index (χ3v) is 3.16. The molecular weight excluding hydrogens is 206 g/mol. The van der Waals surface area contributed by atoms with E-state index in [4.69, 9.17) is 5.11 Å². The highest BCUT2D eigenvalue weighted by Crippen LogP contribution is 2.28. The fraction of sp³-hybridized carbons (Fsp3) is 0.545. The number of nitrogens with zero attached hydrogens (tertiary/aromatic N) is 3. The number of aryl methyl sites for hydroxylation is 1. The molecule has 2 unspecified atom stereocenters. The van der Waals surface area contributed by atoms with Gasteiger partial charge >= 0.3 is 5.97 Å². The van der Waals surface area contributed by atoms with Gasteiger partial charge in [0.05, 0.1) is 5.92 Å². The Bertz CT molecular complexity index is 408. The van der Waals surface area contributed by atoms with Crippen molar-refractivity contribution in [3.05, 3.63) is 18.1 Å². The second kappa shape index (κ2) is 4.08. The van der Waals surface area contributed by atoms with Gasteiger partial charge in [-0.2, -0.15) is 0 Å². The first-order chi connectivity index (χ1) is 7.59. The summed E-state index contributed by atoms with van der Waals surface area (Å²) in [5.41, 5.74) is 0.899. The maximum absolute atomic E-state index is 11.0. The van der Waals surface area contributed by atoms with E-state index in [1.807, 2.05) is 24.8 Å². The fourth-order valence-corrected chi connectivity index (χ4v) is 2.19. The molecule has 0 amide bonds. The highest BCUT2D eigenvalue weighted by molar-refractivity contribution is 5.72. The Balaban J connectivity index is 2.21. The van der Waals surface area contributed by atoms with Gasteiger partial charge < -0.3 is 10.0 Å². The first-order valence-electron chi connectivity index (χ1n) is 5.37. The van der Waals surface area contributed by atoms with Crippen LogP contribution in [0.25, 0.3) is 0 Å². The number of hydrogen-bond acceptors (Lipinski definition) is 4. The summed E-state index contributed by atoms with van der Waals surface area (Å²) in [6, 6.07) is 1.88. The number of aromatic nitrogens is 2. The number of carboxylic acids is 1. The van der Waals surface area contributed by atoms with Crippen LogP contribution in [0.5, 0.6) is 0 Å². The van der Waals surface area contributed by atoms with Crippen LogP contribution in [-0.2, 0) is 4.79 Å². The maximum atomic E-state index is 11.0. The van der Waals surface area contributed by atoms with E-state index in [9.17, 15) is 4.79 Å². The van der Waals surface area contributed by atoms with Crippen LogP contribution < -0.4 is 4.90 Å². The van der Waals surface area contributed by atoms with Gasteiger partial charge in [-0.3, -0.25) is 4.79 Å². The van der Waals surface area contributed by atoms with Crippen LogP contribution in [0.15, 0.2) is 12.4 Å². The summed E-state index contributed by atoms with van der Waals surface area (Å²) in [5, 5.41) is 9.04. The highest BCUT2D eigenvalue weighted by atomic mass is 16.4. The Morgan fingerprint density at radius 2 is 2.31 bits per heavy atom. The van der Waals surface area contributed by atoms with E-state index in [0.29, 0.717) is 6.42 Å². The van der Waals surface area contributed by atoms with Crippen LogP contribution in [0, 0.1) is 12.8 Å². The zero-order valence-electron chi connectivity index (χ0n) is 9.42. The molecule has 1 aromatic rings. The highest BCUT2D eigenvalue weighted by Gasteiger charge is 2.36. The standard InChI is InChI=1S/C11H15N3O2/c1-7-5-10(13-6-12-7)14-4-3-9(8(14)2)11(15)16/h5-6,8-9H,3-4H2,1-2H3,(H,15,16). The van der Waals surface area contributed by atoms with Crippen molar-refractivity contribution in [1.29, 1.82) is 0 Å². The molecule has 0 saturated carbocycles. The molecule has 5 nitrogen and oxygen atoms in total. The molecule has 1 N–H and O–H groups in total. The molecule has 16 heavy (non-hydrogen) atoms. The molecule has 1 fully saturated rings. The topological polar surface area (TPSA) is 66.3 Å². The van der Waals surface area contributed by atoms with E-state index >= 15 is 0 Å². The van der Waals surface area contributed by atoms with Gasteiger partial charge in [-0.15, -0.1) is 0 Å². The van der Waals surface area contributed by atoms with Gasteiger partial charge in [-0.05, 0) is 20.3 Å². The summed E-state index contributed by atoms with van der Waals surface area (Å²) in [6.45, 7) is 4.58. The molecule has 0 radical (unpaired) electrons. The van der Waals surface area contributed by atoms with E-state index in [2.05, 4.69) is 9.97 Å². The van der Waals surface area contributed by atoms with Gasteiger partial charge in [-0.25, -0.2) is 9.97 Å². The van der Waals surface area contributed by atoms with Gasteiger partial charge in [0.25, 0.3) is 0 Å². The summed E-state index contributed by atoms with van der Waals surface area (Å²) in [6.07, 6.45) is 2.20. The van der Waals surface area contributed by atoms with Gasteiger partial charge in [0, 0.05) is 24.3 Å². The Labute approximate surface area is 94.1 Å². The Kier molecular flexibility index (Phi) is 2.77. The van der Waals surface area contributed by atoms with E-state index in [-0.39, 0.29) is 12.0 Å². The summed E-state index contributed by atoms with van der Waals surface area (Å²) in [7, 11) is 0. The van der Waals surface area contributed by atoms with E-state index in [1.54, 1.807) is 0 Å². The monoisotopic (exact) mass is 221 g/mol. The minimum absolute atomic E-state index is 0.00759. The van der Waals surface area contributed by atoms with Crippen LogP contribution >= 0.6 is 0 Å². The van der Waals surface area contributed by atoms with Crippen LogP contribution in [-0.4, -0.2) is 33.6 Å².